The number of benzene rings is 2. The molecular formula is C29H26N6O4S2. The summed E-state index contributed by atoms with van der Waals surface area (Å²) in [6, 6.07) is 14.8. The minimum atomic E-state index is -0.241. The third-order valence-electron chi connectivity index (χ3n) is 5.81. The first-order chi connectivity index (χ1) is 20.0. The van der Waals surface area contributed by atoms with Gasteiger partial charge in [-0.3, -0.25) is 9.78 Å². The van der Waals surface area contributed by atoms with E-state index >= 15 is 0 Å². The maximum atomic E-state index is 12.4. The summed E-state index contributed by atoms with van der Waals surface area (Å²) in [6.45, 7) is 0. The maximum Gasteiger partial charge on any atom is 0.248 e. The lowest BCUT2D eigenvalue weighted by Gasteiger charge is -2.14. The van der Waals surface area contributed by atoms with Gasteiger partial charge in [0.25, 0.3) is 0 Å². The Morgan fingerprint density at radius 2 is 1.78 bits per heavy atom. The number of hydrogen-bond acceptors (Lipinski definition) is 11. The van der Waals surface area contributed by atoms with Gasteiger partial charge in [0, 0.05) is 52.9 Å². The van der Waals surface area contributed by atoms with Crippen LogP contribution in [-0.2, 0) is 4.79 Å². The van der Waals surface area contributed by atoms with E-state index in [-0.39, 0.29) is 5.91 Å². The van der Waals surface area contributed by atoms with Gasteiger partial charge in [0.05, 0.1) is 27.0 Å². The monoisotopic (exact) mass is 586 g/mol. The highest BCUT2D eigenvalue weighted by molar-refractivity contribution is 7.23. The summed E-state index contributed by atoms with van der Waals surface area (Å²) in [5.74, 6) is 1.67. The molecule has 208 valence electrons. The molecule has 0 aliphatic carbocycles. The molecule has 41 heavy (non-hydrogen) atoms. The van der Waals surface area contributed by atoms with Crippen molar-refractivity contribution in [2.24, 2.45) is 0 Å². The lowest BCUT2D eigenvalue weighted by molar-refractivity contribution is -0.111. The van der Waals surface area contributed by atoms with Gasteiger partial charge in [0.2, 0.25) is 11.7 Å². The Balaban J connectivity index is 1.31. The highest BCUT2D eigenvalue weighted by Gasteiger charge is 2.18. The van der Waals surface area contributed by atoms with Crippen LogP contribution in [0.5, 0.6) is 17.2 Å². The molecule has 3 aromatic heterocycles. The van der Waals surface area contributed by atoms with E-state index in [0.717, 1.165) is 26.7 Å². The van der Waals surface area contributed by atoms with Gasteiger partial charge in [-0.1, -0.05) is 29.5 Å². The molecule has 4 N–H and O–H groups in total. The van der Waals surface area contributed by atoms with Crippen molar-refractivity contribution in [1.29, 1.82) is 0 Å². The van der Waals surface area contributed by atoms with Crippen LogP contribution in [0.1, 0.15) is 5.56 Å². The van der Waals surface area contributed by atoms with Crippen LogP contribution in [0.2, 0.25) is 0 Å². The number of carbonyl (C=O) groups is 1. The molecule has 0 aliphatic rings. The Morgan fingerprint density at radius 3 is 2.49 bits per heavy atom. The van der Waals surface area contributed by atoms with Crippen LogP contribution in [0.15, 0.2) is 72.4 Å². The number of amides is 1. The SMILES string of the molecule is COc1cc(Nc2nc(N)c(-c3nc(-c4cccc(NC(=O)C=Cc5cccnc5)c4)cs3)s2)cc(OC)c1OC. The second-order valence-corrected chi connectivity index (χ2v) is 10.4. The van der Waals surface area contributed by atoms with E-state index in [1.807, 2.05) is 41.8 Å². The number of nitrogens with zero attached hydrogens (tertiary/aromatic N) is 3. The van der Waals surface area contributed by atoms with Crippen LogP contribution >= 0.6 is 22.7 Å². The summed E-state index contributed by atoms with van der Waals surface area (Å²) in [5, 5.41) is 9.42. The average molecular weight is 587 g/mol. The van der Waals surface area contributed by atoms with Crippen molar-refractivity contribution >= 4 is 57.0 Å². The zero-order valence-corrected chi connectivity index (χ0v) is 24.0. The molecule has 0 fully saturated rings. The van der Waals surface area contributed by atoms with Gasteiger partial charge < -0.3 is 30.6 Å². The smallest absolute Gasteiger partial charge is 0.248 e. The molecule has 12 heteroatoms. The van der Waals surface area contributed by atoms with Crippen molar-refractivity contribution in [3.63, 3.8) is 0 Å². The molecular weight excluding hydrogens is 560 g/mol. The number of methoxy groups -OCH3 is 3. The number of hydrogen-bond donors (Lipinski definition) is 3. The molecule has 5 aromatic rings. The van der Waals surface area contributed by atoms with Crippen molar-refractivity contribution in [1.82, 2.24) is 15.0 Å². The van der Waals surface area contributed by atoms with E-state index in [1.54, 1.807) is 51.9 Å². The van der Waals surface area contributed by atoms with Gasteiger partial charge >= 0.3 is 0 Å². The number of pyridine rings is 1. The summed E-state index contributed by atoms with van der Waals surface area (Å²) < 4.78 is 16.3. The van der Waals surface area contributed by atoms with E-state index in [1.165, 1.54) is 28.7 Å². The molecule has 5 rings (SSSR count). The fraction of sp³-hybridized carbons (Fsp3) is 0.103. The Kier molecular flexibility index (Phi) is 8.42. The largest absolute Gasteiger partial charge is 0.493 e. The van der Waals surface area contributed by atoms with Crippen LogP contribution in [0.3, 0.4) is 0 Å². The quantitative estimate of drug-likeness (QED) is 0.160. The van der Waals surface area contributed by atoms with Crippen molar-refractivity contribution in [2.75, 3.05) is 37.7 Å². The molecule has 10 nitrogen and oxygen atoms in total. The molecule has 0 saturated heterocycles. The van der Waals surface area contributed by atoms with Gasteiger partial charge in [-0.05, 0) is 29.8 Å². The fourth-order valence-electron chi connectivity index (χ4n) is 3.91. The highest BCUT2D eigenvalue weighted by atomic mass is 32.1. The van der Waals surface area contributed by atoms with Crippen LogP contribution in [0, 0.1) is 0 Å². The minimum Gasteiger partial charge on any atom is -0.493 e. The third kappa shape index (κ3) is 6.45. The summed E-state index contributed by atoms with van der Waals surface area (Å²) in [6.07, 6.45) is 6.56. The zero-order valence-electron chi connectivity index (χ0n) is 22.4. The molecule has 0 aliphatic heterocycles. The van der Waals surface area contributed by atoms with E-state index in [4.69, 9.17) is 24.9 Å². The van der Waals surface area contributed by atoms with E-state index in [0.29, 0.717) is 39.6 Å². The molecule has 0 unspecified atom stereocenters. The predicted octanol–water partition coefficient (Wildman–Crippen LogP) is 6.33. The third-order valence-corrected chi connectivity index (χ3v) is 7.79. The Morgan fingerprint density at radius 1 is 0.976 bits per heavy atom. The second kappa shape index (κ2) is 12.5. The minimum absolute atomic E-state index is 0.241. The maximum absolute atomic E-state index is 12.4. The van der Waals surface area contributed by atoms with Crippen molar-refractivity contribution < 1.29 is 19.0 Å². The van der Waals surface area contributed by atoms with Crippen LogP contribution in [0.25, 0.3) is 27.2 Å². The molecule has 0 radical (unpaired) electrons. The van der Waals surface area contributed by atoms with Crippen molar-refractivity contribution in [3.8, 4) is 38.4 Å². The van der Waals surface area contributed by atoms with Crippen LogP contribution in [-0.4, -0.2) is 42.2 Å². The molecule has 0 saturated carbocycles. The first-order valence-corrected chi connectivity index (χ1v) is 14.0. The number of ether oxygens (including phenoxy) is 3. The number of nitrogen functional groups attached to an aromatic ring is 1. The lowest BCUT2D eigenvalue weighted by Crippen LogP contribution is -2.07. The van der Waals surface area contributed by atoms with Gasteiger partial charge in [0.1, 0.15) is 15.7 Å². The van der Waals surface area contributed by atoms with E-state index in [2.05, 4.69) is 20.6 Å². The fourth-order valence-corrected chi connectivity index (χ4v) is 5.75. The van der Waals surface area contributed by atoms with Gasteiger partial charge in [-0.2, -0.15) is 0 Å². The normalized spacial score (nSPS) is 10.9. The standard InChI is InChI=1S/C29H26N6O4S2/c1-37-22-13-20(14-23(38-2)25(22)39-3)33-29-35-27(30)26(41-29)28-34-21(16-40-28)18-7-4-8-19(12-18)32-24(36)10-9-17-6-5-11-31-15-17/h4-16H,30H2,1-3H3,(H,32,36)(H,33,35). The molecule has 3 heterocycles. The van der Waals surface area contributed by atoms with Gasteiger partial charge in [0.15, 0.2) is 16.6 Å². The predicted molar refractivity (Wildman–Crippen MR) is 164 cm³/mol. The first-order valence-electron chi connectivity index (χ1n) is 12.3. The molecule has 0 atom stereocenters. The number of thiazole rings is 2. The summed E-state index contributed by atoms with van der Waals surface area (Å²) in [4.78, 5) is 26.5. The van der Waals surface area contributed by atoms with E-state index < -0.39 is 0 Å². The lowest BCUT2D eigenvalue weighted by atomic mass is 10.1. The summed E-state index contributed by atoms with van der Waals surface area (Å²) in [5.41, 5.74) is 10.1. The van der Waals surface area contributed by atoms with Gasteiger partial charge in [-0.15, -0.1) is 11.3 Å². The second-order valence-electron chi connectivity index (χ2n) is 8.50. The highest BCUT2D eigenvalue weighted by Crippen LogP contribution is 2.43. The van der Waals surface area contributed by atoms with Crippen molar-refractivity contribution in [3.05, 3.63) is 77.9 Å². The molecule has 1 amide bonds. The van der Waals surface area contributed by atoms with Crippen LogP contribution < -0.4 is 30.6 Å². The van der Waals surface area contributed by atoms with Gasteiger partial charge in [-0.25, -0.2) is 9.97 Å². The Labute approximate surface area is 244 Å². The zero-order chi connectivity index (χ0) is 28.8. The number of aromatic nitrogens is 3. The Bertz CT molecular complexity index is 1680. The summed E-state index contributed by atoms with van der Waals surface area (Å²) in [7, 11) is 4.68. The average Bonchev–Trinajstić information content (AvgIpc) is 3.62. The topological polar surface area (TPSA) is 134 Å². The number of nitrogens with one attached hydrogen (secondary N) is 2. The van der Waals surface area contributed by atoms with Crippen LogP contribution in [0.4, 0.5) is 22.3 Å². The Hall–Kier alpha value is -4.94. The number of nitrogens with two attached hydrogens (primary N) is 1. The molecule has 0 bridgehead atoms. The number of carbonyl (C=O) groups excluding carboxylic acids is 1. The molecule has 0 spiro atoms. The number of rotatable bonds is 10. The van der Waals surface area contributed by atoms with E-state index in [9.17, 15) is 4.79 Å². The first kappa shape index (κ1) is 27.6. The summed E-state index contributed by atoms with van der Waals surface area (Å²) >= 11 is 2.85. The molecule has 2 aromatic carbocycles. The number of anilines is 4. The van der Waals surface area contributed by atoms with Crippen molar-refractivity contribution in [2.45, 2.75) is 0 Å².